The Balaban J connectivity index is 1.45. The molecule has 0 aromatic heterocycles. The van der Waals surface area contributed by atoms with E-state index in [-0.39, 0.29) is 11.5 Å². The van der Waals surface area contributed by atoms with E-state index in [1.807, 2.05) is 0 Å². The molecule has 4 saturated carbocycles. The normalized spacial score (nSPS) is 64.2. The van der Waals surface area contributed by atoms with Crippen LogP contribution in [0.1, 0.15) is 72.1 Å². The summed E-state index contributed by atoms with van der Waals surface area (Å²) in [5.41, 5.74) is 0.851. The Hall–Kier alpha value is 0.310. The summed E-state index contributed by atoms with van der Waals surface area (Å²) in [7, 11) is 0. The monoisotopic (exact) mass is 334 g/mol. The van der Waals surface area contributed by atoms with Crippen LogP contribution in [0.3, 0.4) is 0 Å². The third-order valence-corrected chi connectivity index (χ3v) is 11.4. The molecule has 0 amide bonds. The molecule has 1 saturated heterocycles. The summed E-state index contributed by atoms with van der Waals surface area (Å²) in [4.78, 5) is 0. The van der Waals surface area contributed by atoms with E-state index in [4.69, 9.17) is 0 Å². The number of hydrogen-bond acceptors (Lipinski definition) is 2. The summed E-state index contributed by atoms with van der Waals surface area (Å²) >= 11 is 2.27. The summed E-state index contributed by atoms with van der Waals surface area (Å²) < 4.78 is 0.698. The Kier molecular flexibility index (Phi) is 3.20. The first-order chi connectivity index (χ1) is 10.9. The minimum atomic E-state index is -0.0182. The summed E-state index contributed by atoms with van der Waals surface area (Å²) in [6.45, 7) is 7.65. The van der Waals surface area contributed by atoms with Gasteiger partial charge in [-0.1, -0.05) is 20.8 Å². The second kappa shape index (κ2) is 4.72. The Labute approximate surface area is 146 Å². The number of aliphatic hydroxyl groups excluding tert-OH is 1. The van der Waals surface area contributed by atoms with Gasteiger partial charge in [-0.15, -0.1) is 0 Å². The average Bonchev–Trinajstić information content (AvgIpc) is 3.22. The first-order valence-electron chi connectivity index (χ1n) is 10.2. The Bertz CT molecular complexity index is 514. The van der Waals surface area contributed by atoms with Crippen molar-refractivity contribution in [1.82, 2.24) is 0 Å². The first-order valence-corrected chi connectivity index (χ1v) is 11.2. The van der Waals surface area contributed by atoms with Gasteiger partial charge in [-0.05, 0) is 91.8 Å². The van der Waals surface area contributed by atoms with E-state index in [2.05, 4.69) is 32.5 Å². The number of fused-ring (bicyclic) bond motifs is 5. The molecule has 1 spiro atoms. The van der Waals surface area contributed by atoms with Crippen LogP contribution in [0.4, 0.5) is 0 Å². The molecule has 5 aliphatic rings. The fraction of sp³-hybridized carbons (Fsp3) is 1.00. The van der Waals surface area contributed by atoms with Crippen LogP contribution in [-0.4, -0.2) is 21.7 Å². The second-order valence-electron chi connectivity index (χ2n) is 10.5. The zero-order chi connectivity index (χ0) is 16.0. The van der Waals surface area contributed by atoms with Crippen LogP contribution < -0.4 is 0 Å². The van der Waals surface area contributed by atoms with E-state index >= 15 is 0 Å². The fourth-order valence-electron chi connectivity index (χ4n) is 8.12. The van der Waals surface area contributed by atoms with Crippen LogP contribution in [0.15, 0.2) is 0 Å². The van der Waals surface area contributed by atoms with E-state index in [9.17, 15) is 5.11 Å². The summed E-state index contributed by atoms with van der Waals surface area (Å²) in [5.74, 6) is 6.05. The van der Waals surface area contributed by atoms with Crippen molar-refractivity contribution in [3.8, 4) is 0 Å². The SMILES string of the molecule is C[C@@H]1C[C@@]2(C)[C@@H](CC[C@@H]3[C@H]4CC[C@H](O)[C@@]4(C)CC[C@@H]32)C[C@]12CS2. The van der Waals surface area contributed by atoms with Crippen molar-refractivity contribution in [1.29, 1.82) is 0 Å². The van der Waals surface area contributed by atoms with Gasteiger partial charge < -0.3 is 5.11 Å². The molecule has 0 radical (unpaired) electrons. The lowest BCUT2D eigenvalue weighted by Gasteiger charge is -2.62. The van der Waals surface area contributed by atoms with Crippen LogP contribution in [0.5, 0.6) is 0 Å². The number of aliphatic hydroxyl groups is 1. The quantitative estimate of drug-likeness (QED) is 0.620. The van der Waals surface area contributed by atoms with Crippen molar-refractivity contribution in [3.05, 3.63) is 0 Å². The molecular formula is C21H34OS. The number of thioether (sulfide) groups is 1. The molecule has 1 heterocycles. The predicted molar refractivity (Wildman–Crippen MR) is 97.5 cm³/mol. The summed E-state index contributed by atoms with van der Waals surface area (Å²) in [6, 6.07) is 0. The molecule has 1 aliphatic heterocycles. The van der Waals surface area contributed by atoms with Gasteiger partial charge >= 0.3 is 0 Å². The van der Waals surface area contributed by atoms with Crippen LogP contribution in [-0.2, 0) is 0 Å². The van der Waals surface area contributed by atoms with Gasteiger partial charge in [0, 0.05) is 10.5 Å². The molecule has 23 heavy (non-hydrogen) atoms. The number of rotatable bonds is 0. The molecular weight excluding hydrogens is 300 g/mol. The molecule has 9 atom stereocenters. The van der Waals surface area contributed by atoms with Gasteiger partial charge in [0.2, 0.25) is 0 Å². The molecule has 2 heteroatoms. The van der Waals surface area contributed by atoms with Crippen LogP contribution in [0.2, 0.25) is 0 Å². The Morgan fingerprint density at radius 1 is 0.913 bits per heavy atom. The molecule has 0 bridgehead atoms. The van der Waals surface area contributed by atoms with Gasteiger partial charge in [-0.3, -0.25) is 0 Å². The van der Waals surface area contributed by atoms with Crippen LogP contribution in [0.25, 0.3) is 0 Å². The smallest absolute Gasteiger partial charge is 0.0596 e. The minimum absolute atomic E-state index is 0.0182. The zero-order valence-corrected chi connectivity index (χ0v) is 16.0. The van der Waals surface area contributed by atoms with E-state index in [1.54, 1.807) is 0 Å². The van der Waals surface area contributed by atoms with Gasteiger partial charge in [0.1, 0.15) is 0 Å². The van der Waals surface area contributed by atoms with Gasteiger partial charge in [0.15, 0.2) is 0 Å². The summed E-state index contributed by atoms with van der Waals surface area (Å²) in [6.07, 6.45) is 11.0. The maximum absolute atomic E-state index is 10.6. The standard InChI is InChI=1S/C21H34OS/c1-13-10-20(3)14(11-21(13)12-23-21)4-5-15-16-6-7-18(22)19(16,2)9-8-17(15)20/h13-18,22H,4-12H2,1-3H3/t13-,14+,15-,16-,17+,18+,19+,20+,21+/m1/s1. The van der Waals surface area contributed by atoms with E-state index in [0.29, 0.717) is 10.2 Å². The molecule has 5 fully saturated rings. The second-order valence-corrected chi connectivity index (χ2v) is 11.8. The van der Waals surface area contributed by atoms with Crippen molar-refractivity contribution in [2.45, 2.75) is 83.0 Å². The van der Waals surface area contributed by atoms with Gasteiger partial charge in [0.25, 0.3) is 0 Å². The predicted octanol–water partition coefficient (Wildman–Crippen LogP) is 5.12. The van der Waals surface area contributed by atoms with Crippen molar-refractivity contribution >= 4 is 11.8 Å². The van der Waals surface area contributed by atoms with Crippen molar-refractivity contribution < 1.29 is 5.11 Å². The maximum atomic E-state index is 10.6. The Morgan fingerprint density at radius 2 is 1.65 bits per heavy atom. The molecule has 0 unspecified atom stereocenters. The highest BCUT2D eigenvalue weighted by Crippen LogP contribution is 2.71. The first kappa shape index (κ1) is 15.6. The van der Waals surface area contributed by atoms with E-state index < -0.39 is 0 Å². The third kappa shape index (κ3) is 1.92. The van der Waals surface area contributed by atoms with Crippen LogP contribution >= 0.6 is 11.8 Å². The van der Waals surface area contributed by atoms with E-state index in [1.165, 1.54) is 50.7 Å². The largest absolute Gasteiger partial charge is 0.393 e. The zero-order valence-electron chi connectivity index (χ0n) is 15.2. The van der Waals surface area contributed by atoms with Gasteiger partial charge in [-0.25, -0.2) is 0 Å². The lowest BCUT2D eigenvalue weighted by molar-refractivity contribution is -0.129. The highest BCUT2D eigenvalue weighted by molar-refractivity contribution is 8.07. The molecule has 130 valence electrons. The highest BCUT2D eigenvalue weighted by atomic mass is 32.2. The molecule has 0 aromatic rings. The van der Waals surface area contributed by atoms with Crippen molar-refractivity contribution in [3.63, 3.8) is 0 Å². The van der Waals surface area contributed by atoms with Crippen LogP contribution in [0, 0.1) is 40.4 Å². The molecule has 1 nitrogen and oxygen atoms in total. The fourth-order valence-corrected chi connectivity index (χ4v) is 9.39. The Morgan fingerprint density at radius 3 is 2.39 bits per heavy atom. The maximum Gasteiger partial charge on any atom is 0.0596 e. The topological polar surface area (TPSA) is 20.2 Å². The van der Waals surface area contributed by atoms with Gasteiger partial charge in [0.05, 0.1) is 6.10 Å². The minimum Gasteiger partial charge on any atom is -0.393 e. The molecule has 5 rings (SSSR count). The lowest BCUT2D eigenvalue weighted by atomic mass is 9.43. The van der Waals surface area contributed by atoms with Gasteiger partial charge in [-0.2, -0.15) is 11.8 Å². The average molecular weight is 335 g/mol. The molecule has 4 aliphatic carbocycles. The van der Waals surface area contributed by atoms with E-state index in [0.717, 1.165) is 36.0 Å². The molecule has 0 aromatic carbocycles. The van der Waals surface area contributed by atoms with Crippen molar-refractivity contribution in [2.24, 2.45) is 40.4 Å². The summed E-state index contributed by atoms with van der Waals surface area (Å²) in [5, 5.41) is 10.6. The number of hydrogen-bond donors (Lipinski definition) is 1. The highest BCUT2D eigenvalue weighted by Gasteiger charge is 2.64. The third-order valence-electron chi connectivity index (χ3n) is 9.77. The molecule has 1 N–H and O–H groups in total. The lowest BCUT2D eigenvalue weighted by Crippen LogP contribution is -2.56. The van der Waals surface area contributed by atoms with Crippen molar-refractivity contribution in [2.75, 3.05) is 5.75 Å².